The summed E-state index contributed by atoms with van der Waals surface area (Å²) in [6, 6.07) is 0.700. The molecule has 0 aromatic carbocycles. The van der Waals surface area contributed by atoms with Crippen LogP contribution in [-0.4, -0.2) is 48.5 Å². The van der Waals surface area contributed by atoms with Gasteiger partial charge in [0.25, 0.3) is 0 Å². The summed E-state index contributed by atoms with van der Waals surface area (Å²) >= 11 is 0. The third-order valence-corrected chi connectivity index (χ3v) is 4.15. The fourth-order valence-corrected chi connectivity index (χ4v) is 3.01. The second kappa shape index (κ2) is 5.99. The van der Waals surface area contributed by atoms with Crippen LogP contribution in [0.25, 0.3) is 0 Å². The van der Waals surface area contributed by atoms with Crippen LogP contribution in [0.4, 0.5) is 0 Å². The zero-order valence-electron chi connectivity index (χ0n) is 10.4. The number of likely N-dealkylation sites (tertiary alicyclic amines) is 1. The Kier molecular flexibility index (Phi) is 4.62. The maximum atomic E-state index is 10.2. The molecule has 0 aliphatic carbocycles. The number of piperidine rings is 1. The Balaban J connectivity index is 1.81. The molecule has 3 heteroatoms. The van der Waals surface area contributed by atoms with Crippen molar-refractivity contribution in [3.8, 4) is 0 Å². The van der Waals surface area contributed by atoms with Crippen molar-refractivity contribution in [2.24, 2.45) is 5.92 Å². The van der Waals surface area contributed by atoms with E-state index in [-0.39, 0.29) is 6.10 Å². The molecule has 0 bridgehead atoms. The minimum absolute atomic E-state index is 0.186. The van der Waals surface area contributed by atoms with Gasteiger partial charge in [-0.1, -0.05) is 13.3 Å². The van der Waals surface area contributed by atoms with E-state index in [4.69, 9.17) is 4.74 Å². The van der Waals surface area contributed by atoms with Crippen LogP contribution in [0.15, 0.2) is 0 Å². The van der Waals surface area contributed by atoms with Crippen molar-refractivity contribution in [2.45, 2.75) is 51.2 Å². The Bertz CT molecular complexity index is 204. The monoisotopic (exact) mass is 227 g/mol. The number of rotatable bonds is 4. The molecular formula is C13H25NO2. The molecule has 0 amide bonds. The van der Waals surface area contributed by atoms with E-state index in [2.05, 4.69) is 11.8 Å². The summed E-state index contributed by atoms with van der Waals surface area (Å²) in [7, 11) is 0. The molecule has 0 spiro atoms. The second-order valence-electron chi connectivity index (χ2n) is 5.24. The van der Waals surface area contributed by atoms with Crippen LogP contribution < -0.4 is 0 Å². The first-order valence-electron chi connectivity index (χ1n) is 6.81. The van der Waals surface area contributed by atoms with Gasteiger partial charge >= 0.3 is 0 Å². The first kappa shape index (κ1) is 12.3. The molecule has 3 nitrogen and oxygen atoms in total. The highest BCUT2D eigenvalue weighted by molar-refractivity contribution is 4.81. The van der Waals surface area contributed by atoms with Gasteiger partial charge in [-0.2, -0.15) is 0 Å². The molecular weight excluding hydrogens is 202 g/mol. The average Bonchev–Trinajstić information content (AvgIpc) is 2.83. The first-order chi connectivity index (χ1) is 7.81. The molecule has 16 heavy (non-hydrogen) atoms. The highest BCUT2D eigenvalue weighted by atomic mass is 16.5. The standard InChI is InChI=1S/C13H25NO2/c1-2-12-5-3-4-7-14(12)9-13(15)11-6-8-16-10-11/h11-13,15H,2-10H2,1H3. The van der Waals surface area contributed by atoms with Gasteiger partial charge in [-0.15, -0.1) is 0 Å². The van der Waals surface area contributed by atoms with E-state index < -0.39 is 0 Å². The number of nitrogens with zero attached hydrogens (tertiary/aromatic N) is 1. The third-order valence-electron chi connectivity index (χ3n) is 4.15. The average molecular weight is 227 g/mol. The minimum atomic E-state index is -0.186. The summed E-state index contributed by atoms with van der Waals surface area (Å²) in [6.07, 6.45) is 6.03. The van der Waals surface area contributed by atoms with Crippen molar-refractivity contribution in [2.75, 3.05) is 26.3 Å². The SMILES string of the molecule is CCC1CCCCN1CC(O)C1CCOC1. The Hall–Kier alpha value is -0.120. The highest BCUT2D eigenvalue weighted by Crippen LogP contribution is 2.23. The van der Waals surface area contributed by atoms with Crippen LogP contribution in [0.2, 0.25) is 0 Å². The van der Waals surface area contributed by atoms with Crippen molar-refractivity contribution in [1.82, 2.24) is 4.90 Å². The molecule has 0 aromatic heterocycles. The largest absolute Gasteiger partial charge is 0.391 e. The Morgan fingerprint density at radius 3 is 2.94 bits per heavy atom. The Labute approximate surface area is 98.8 Å². The van der Waals surface area contributed by atoms with Crippen LogP contribution >= 0.6 is 0 Å². The Morgan fingerprint density at radius 2 is 2.25 bits per heavy atom. The number of aliphatic hydroxyl groups excluding tert-OH is 1. The second-order valence-corrected chi connectivity index (χ2v) is 5.24. The molecule has 0 aromatic rings. The predicted molar refractivity (Wildman–Crippen MR) is 64.4 cm³/mol. The van der Waals surface area contributed by atoms with E-state index >= 15 is 0 Å². The molecule has 2 rings (SSSR count). The number of hydrogen-bond donors (Lipinski definition) is 1. The van der Waals surface area contributed by atoms with E-state index in [0.717, 1.165) is 26.2 Å². The zero-order valence-corrected chi connectivity index (χ0v) is 10.4. The van der Waals surface area contributed by atoms with Gasteiger partial charge in [-0.3, -0.25) is 4.90 Å². The van der Waals surface area contributed by atoms with Gasteiger partial charge in [0.2, 0.25) is 0 Å². The summed E-state index contributed by atoms with van der Waals surface area (Å²) in [5.41, 5.74) is 0. The van der Waals surface area contributed by atoms with Crippen molar-refractivity contribution in [3.63, 3.8) is 0 Å². The van der Waals surface area contributed by atoms with Crippen LogP contribution in [-0.2, 0) is 4.74 Å². The molecule has 2 heterocycles. The minimum Gasteiger partial charge on any atom is -0.391 e. The van der Waals surface area contributed by atoms with E-state index in [1.807, 2.05) is 0 Å². The van der Waals surface area contributed by atoms with Crippen LogP contribution in [0, 0.1) is 5.92 Å². The van der Waals surface area contributed by atoms with Crippen molar-refractivity contribution in [1.29, 1.82) is 0 Å². The molecule has 0 saturated carbocycles. The molecule has 94 valence electrons. The maximum Gasteiger partial charge on any atom is 0.0718 e. The van der Waals surface area contributed by atoms with Crippen molar-refractivity contribution >= 4 is 0 Å². The van der Waals surface area contributed by atoms with Gasteiger partial charge in [0.05, 0.1) is 12.7 Å². The van der Waals surface area contributed by atoms with Gasteiger partial charge in [-0.05, 0) is 32.2 Å². The lowest BCUT2D eigenvalue weighted by Gasteiger charge is -2.37. The zero-order chi connectivity index (χ0) is 11.4. The predicted octanol–water partition coefficient (Wildman–Crippen LogP) is 1.65. The topological polar surface area (TPSA) is 32.7 Å². The van der Waals surface area contributed by atoms with Gasteiger partial charge in [-0.25, -0.2) is 0 Å². The first-order valence-corrected chi connectivity index (χ1v) is 6.81. The number of aliphatic hydroxyl groups is 1. The molecule has 3 unspecified atom stereocenters. The number of β-amino-alcohol motifs (C(OH)–C–C–N with tert-alkyl or cyclic N) is 1. The normalized spacial score (nSPS) is 34.1. The number of ether oxygens (including phenoxy) is 1. The van der Waals surface area contributed by atoms with Crippen LogP contribution in [0.3, 0.4) is 0 Å². The number of hydrogen-bond acceptors (Lipinski definition) is 3. The van der Waals surface area contributed by atoms with E-state index in [0.29, 0.717) is 12.0 Å². The quantitative estimate of drug-likeness (QED) is 0.792. The third kappa shape index (κ3) is 2.96. The molecule has 2 saturated heterocycles. The summed E-state index contributed by atoms with van der Waals surface area (Å²) in [5.74, 6) is 0.374. The van der Waals surface area contributed by atoms with Gasteiger partial charge in [0, 0.05) is 25.1 Å². The summed E-state index contributed by atoms with van der Waals surface area (Å²) in [6.45, 7) is 5.87. The van der Waals surface area contributed by atoms with E-state index in [9.17, 15) is 5.11 Å². The fraction of sp³-hybridized carbons (Fsp3) is 1.00. The Morgan fingerprint density at radius 1 is 1.38 bits per heavy atom. The van der Waals surface area contributed by atoms with E-state index in [1.165, 1.54) is 32.2 Å². The van der Waals surface area contributed by atoms with Gasteiger partial charge < -0.3 is 9.84 Å². The smallest absolute Gasteiger partial charge is 0.0718 e. The van der Waals surface area contributed by atoms with Crippen LogP contribution in [0.1, 0.15) is 39.0 Å². The van der Waals surface area contributed by atoms with Crippen molar-refractivity contribution in [3.05, 3.63) is 0 Å². The van der Waals surface area contributed by atoms with Gasteiger partial charge in [0.15, 0.2) is 0 Å². The lowest BCUT2D eigenvalue weighted by Crippen LogP contribution is -2.45. The molecule has 1 N–H and O–H groups in total. The lowest BCUT2D eigenvalue weighted by atomic mass is 9.96. The van der Waals surface area contributed by atoms with Crippen molar-refractivity contribution < 1.29 is 9.84 Å². The van der Waals surface area contributed by atoms with E-state index in [1.54, 1.807) is 0 Å². The summed E-state index contributed by atoms with van der Waals surface area (Å²) < 4.78 is 5.34. The van der Waals surface area contributed by atoms with Crippen LogP contribution in [0.5, 0.6) is 0 Å². The maximum absolute atomic E-state index is 10.2. The molecule has 2 aliphatic rings. The van der Waals surface area contributed by atoms with Gasteiger partial charge in [0.1, 0.15) is 0 Å². The molecule has 0 radical (unpaired) electrons. The molecule has 3 atom stereocenters. The lowest BCUT2D eigenvalue weighted by molar-refractivity contribution is 0.0290. The summed E-state index contributed by atoms with van der Waals surface area (Å²) in [4.78, 5) is 2.49. The molecule has 2 fully saturated rings. The fourth-order valence-electron chi connectivity index (χ4n) is 3.01. The molecule has 2 aliphatic heterocycles. The summed E-state index contributed by atoms with van der Waals surface area (Å²) in [5, 5.41) is 10.2. The highest BCUT2D eigenvalue weighted by Gasteiger charge is 2.28.